The summed E-state index contributed by atoms with van der Waals surface area (Å²) in [4.78, 5) is 17.8. The van der Waals surface area contributed by atoms with Gasteiger partial charge in [0, 0.05) is 24.4 Å². The Kier molecular flexibility index (Phi) is 9.34. The number of hydrogen-bond donors (Lipinski definition) is 2. The fourth-order valence-corrected chi connectivity index (χ4v) is 4.32. The third-order valence-electron chi connectivity index (χ3n) is 5.96. The molecule has 14 heteroatoms. The van der Waals surface area contributed by atoms with Crippen molar-refractivity contribution in [3.63, 3.8) is 0 Å². The van der Waals surface area contributed by atoms with Crippen LogP contribution in [0.4, 0.5) is 41.2 Å². The maximum Gasteiger partial charge on any atom is 0.573 e. The lowest BCUT2D eigenvalue weighted by Gasteiger charge is -2.35. The number of alkyl halides is 7. The lowest BCUT2D eigenvalue weighted by Crippen LogP contribution is -2.50. The molecule has 226 valence electrons. The zero-order valence-corrected chi connectivity index (χ0v) is 22.5. The van der Waals surface area contributed by atoms with Crippen molar-refractivity contribution in [1.29, 1.82) is 0 Å². The van der Waals surface area contributed by atoms with E-state index < -0.39 is 42.0 Å². The summed E-state index contributed by atoms with van der Waals surface area (Å²) in [5.74, 6) is -1.22. The van der Waals surface area contributed by atoms with Crippen LogP contribution in [-0.4, -0.2) is 29.9 Å². The summed E-state index contributed by atoms with van der Waals surface area (Å²) in [6.07, 6.45) is -12.7. The van der Waals surface area contributed by atoms with Gasteiger partial charge in [-0.2, -0.15) is 17.6 Å². The second-order valence-electron chi connectivity index (χ2n) is 9.08. The summed E-state index contributed by atoms with van der Waals surface area (Å²) in [6, 6.07) is 19.9. The number of anilines is 1. The Hall–Kier alpha value is -4.52. The molecule has 0 fully saturated rings. The first-order valence-corrected chi connectivity index (χ1v) is 12.7. The molecule has 1 aromatic heterocycles. The predicted octanol–water partition coefficient (Wildman–Crippen LogP) is 8.18. The Morgan fingerprint density at radius 3 is 2.14 bits per heavy atom. The number of pyridine rings is 1. The molecule has 1 atom stereocenters. The molecule has 0 spiro atoms. The number of aromatic nitrogens is 1. The van der Waals surface area contributed by atoms with Crippen molar-refractivity contribution < 1.29 is 45.0 Å². The van der Waals surface area contributed by atoms with Gasteiger partial charge in [-0.3, -0.25) is 4.98 Å². The van der Waals surface area contributed by atoms with Crippen molar-refractivity contribution in [3.05, 3.63) is 119 Å². The first kappa shape index (κ1) is 31.4. The average Bonchev–Trinajstić information content (AvgIpc) is 2.92. The van der Waals surface area contributed by atoms with Crippen molar-refractivity contribution in [1.82, 2.24) is 10.3 Å². The molecule has 0 radical (unpaired) electrons. The number of carbonyl (C=O) groups excluding carboxylic acids is 1. The second-order valence-corrected chi connectivity index (χ2v) is 9.51. The number of amides is 2. The minimum Gasteiger partial charge on any atom is -0.428 e. The van der Waals surface area contributed by atoms with Crippen molar-refractivity contribution in [2.45, 2.75) is 30.9 Å². The van der Waals surface area contributed by atoms with E-state index in [1.807, 2.05) is 0 Å². The zero-order valence-electron chi connectivity index (χ0n) is 21.7. The molecule has 0 saturated heterocycles. The van der Waals surface area contributed by atoms with Crippen molar-refractivity contribution >= 4 is 23.3 Å². The van der Waals surface area contributed by atoms with Crippen molar-refractivity contribution in [3.8, 4) is 11.5 Å². The summed E-state index contributed by atoms with van der Waals surface area (Å²) in [6.45, 7) is 0. The fraction of sp³-hybridized carbons (Fsp3) is 0.172. The molecule has 3 aromatic carbocycles. The minimum atomic E-state index is -4.97. The molecule has 0 aliphatic heterocycles. The van der Waals surface area contributed by atoms with E-state index in [9.17, 15) is 35.5 Å². The van der Waals surface area contributed by atoms with Gasteiger partial charge in [-0.15, -0.1) is 13.2 Å². The van der Waals surface area contributed by atoms with Crippen LogP contribution >= 0.6 is 11.6 Å². The van der Waals surface area contributed by atoms with Gasteiger partial charge in [0.05, 0.1) is 10.7 Å². The van der Waals surface area contributed by atoms with Gasteiger partial charge in [-0.05, 0) is 47.5 Å². The molecule has 1 unspecified atom stereocenters. The molecule has 2 N–H and O–H groups in total. The molecule has 4 rings (SSSR count). The minimum absolute atomic E-state index is 0.0538. The molecular weight excluding hydrogens is 607 g/mol. The Bertz CT molecular complexity index is 1540. The van der Waals surface area contributed by atoms with Crippen molar-refractivity contribution in [2.75, 3.05) is 5.32 Å². The Balaban J connectivity index is 1.80. The summed E-state index contributed by atoms with van der Waals surface area (Å²) in [5.41, 5.74) is -0.883. The molecule has 0 aliphatic carbocycles. The van der Waals surface area contributed by atoms with E-state index in [1.54, 1.807) is 30.3 Å². The van der Waals surface area contributed by atoms with Gasteiger partial charge in [-0.25, -0.2) is 4.79 Å². The van der Waals surface area contributed by atoms with Gasteiger partial charge in [0.1, 0.15) is 17.0 Å². The topological polar surface area (TPSA) is 72.5 Å². The van der Waals surface area contributed by atoms with E-state index in [4.69, 9.17) is 11.6 Å². The predicted molar refractivity (Wildman–Crippen MR) is 143 cm³/mol. The van der Waals surface area contributed by atoms with E-state index in [0.717, 1.165) is 24.3 Å². The van der Waals surface area contributed by atoms with Crippen LogP contribution in [-0.2, 0) is 12.0 Å². The monoisotopic (exact) mass is 627 g/mol. The number of urea groups is 1. The van der Waals surface area contributed by atoms with Crippen LogP contribution in [0.3, 0.4) is 0 Å². The molecular formula is C29H21ClF7N3O3. The number of halogens is 8. The van der Waals surface area contributed by atoms with Crippen LogP contribution in [0, 0.1) is 0 Å². The molecule has 0 aliphatic rings. The van der Waals surface area contributed by atoms with Crippen LogP contribution in [0.1, 0.15) is 16.8 Å². The van der Waals surface area contributed by atoms with Gasteiger partial charge in [-0.1, -0.05) is 60.1 Å². The third kappa shape index (κ3) is 8.28. The van der Waals surface area contributed by atoms with E-state index in [-0.39, 0.29) is 28.4 Å². The first-order chi connectivity index (χ1) is 20.3. The maximum absolute atomic E-state index is 13.8. The number of ether oxygens (including phenoxy) is 2. The maximum atomic E-state index is 13.8. The summed E-state index contributed by atoms with van der Waals surface area (Å²) >= 11 is 6.04. The number of carbonyl (C=O) groups is 1. The van der Waals surface area contributed by atoms with Gasteiger partial charge in [0.15, 0.2) is 0 Å². The Morgan fingerprint density at radius 2 is 1.51 bits per heavy atom. The summed E-state index contributed by atoms with van der Waals surface area (Å²) in [7, 11) is 0. The molecule has 4 aromatic rings. The van der Waals surface area contributed by atoms with Crippen LogP contribution < -0.4 is 20.1 Å². The van der Waals surface area contributed by atoms with Gasteiger partial charge < -0.3 is 20.1 Å². The lowest BCUT2D eigenvalue weighted by atomic mass is 9.80. The quantitative estimate of drug-likeness (QED) is 0.174. The van der Waals surface area contributed by atoms with Gasteiger partial charge >= 0.3 is 24.9 Å². The number of hydrogen-bond acceptors (Lipinski definition) is 4. The number of benzene rings is 3. The smallest absolute Gasteiger partial charge is 0.428 e. The van der Waals surface area contributed by atoms with Crippen LogP contribution in [0.15, 0.2) is 97.2 Å². The van der Waals surface area contributed by atoms with E-state index in [0.29, 0.717) is 5.56 Å². The van der Waals surface area contributed by atoms with E-state index in [1.165, 1.54) is 42.6 Å². The molecule has 1 heterocycles. The molecule has 43 heavy (non-hydrogen) atoms. The lowest BCUT2D eigenvalue weighted by molar-refractivity contribution is -0.274. The summed E-state index contributed by atoms with van der Waals surface area (Å²) < 4.78 is 99.7. The highest BCUT2D eigenvalue weighted by Crippen LogP contribution is 2.37. The van der Waals surface area contributed by atoms with E-state index in [2.05, 4.69) is 25.1 Å². The Labute approximate surface area is 245 Å². The SMILES string of the molecule is O=C(Nc1cccc(OC(F)(F)F)c1)NC(Cc1ccccc1)(c1cccc(OC(F)(F)C(F)F)c1)c1ccc(Cl)cn1. The molecule has 2 amide bonds. The third-order valence-corrected chi connectivity index (χ3v) is 6.19. The second kappa shape index (κ2) is 12.8. The molecule has 0 saturated carbocycles. The van der Waals surface area contributed by atoms with Crippen LogP contribution in [0.2, 0.25) is 5.02 Å². The number of rotatable bonds is 10. The van der Waals surface area contributed by atoms with Crippen molar-refractivity contribution in [2.24, 2.45) is 0 Å². The first-order valence-electron chi connectivity index (χ1n) is 12.3. The standard InChI is InChI=1S/C29H21ClF7N3O3/c30-20-12-13-24(38-17-20)27(16-18-6-2-1-3-7-18,19-8-4-10-22(14-19)42-28(33,34)25(31)32)40-26(41)39-21-9-5-11-23(15-21)43-29(35,36)37/h1-15,17,25H,16H2,(H2,39,40,41). The van der Waals surface area contributed by atoms with Gasteiger partial charge in [0.2, 0.25) is 0 Å². The highest BCUT2D eigenvalue weighted by atomic mass is 35.5. The molecule has 6 nitrogen and oxygen atoms in total. The number of nitrogens with zero attached hydrogens (tertiary/aromatic N) is 1. The van der Waals surface area contributed by atoms with E-state index >= 15 is 0 Å². The normalized spacial score (nSPS) is 13.2. The summed E-state index contributed by atoms with van der Waals surface area (Å²) in [5, 5.41) is 5.41. The zero-order chi connectivity index (χ0) is 31.3. The average molecular weight is 628 g/mol. The highest BCUT2D eigenvalue weighted by molar-refractivity contribution is 6.30. The van der Waals surface area contributed by atoms with Crippen LogP contribution in [0.25, 0.3) is 0 Å². The molecule has 0 bridgehead atoms. The van der Waals surface area contributed by atoms with Gasteiger partial charge in [0.25, 0.3) is 0 Å². The highest BCUT2D eigenvalue weighted by Gasteiger charge is 2.45. The Morgan fingerprint density at radius 1 is 0.837 bits per heavy atom. The number of nitrogens with one attached hydrogen (secondary N) is 2. The largest absolute Gasteiger partial charge is 0.573 e. The van der Waals surface area contributed by atoms with Crippen LogP contribution in [0.5, 0.6) is 11.5 Å². The fourth-order valence-electron chi connectivity index (χ4n) is 4.21.